The molecule has 2 saturated heterocycles. The van der Waals surface area contributed by atoms with Gasteiger partial charge in [-0.2, -0.15) is 4.31 Å². The van der Waals surface area contributed by atoms with Gasteiger partial charge in [0.15, 0.2) is 0 Å². The van der Waals surface area contributed by atoms with Crippen LogP contribution in [0, 0.1) is 6.92 Å². The largest absolute Gasteiger partial charge is 0.353 e. The van der Waals surface area contributed by atoms with Crippen LogP contribution in [0.5, 0.6) is 0 Å². The minimum Gasteiger partial charge on any atom is -0.353 e. The van der Waals surface area contributed by atoms with Crippen LogP contribution < -0.4 is 16.0 Å². The second kappa shape index (κ2) is 10.9. The average Bonchev–Trinajstić information content (AvgIpc) is 2.90. The van der Waals surface area contributed by atoms with Gasteiger partial charge in [-0.1, -0.05) is 35.9 Å². The van der Waals surface area contributed by atoms with Gasteiger partial charge in [0.1, 0.15) is 6.04 Å². The average molecular weight is 525 g/mol. The summed E-state index contributed by atoms with van der Waals surface area (Å²) in [7, 11) is -3.92. The van der Waals surface area contributed by atoms with Crippen molar-refractivity contribution >= 4 is 21.8 Å². The number of piperidine rings is 1. The molecule has 0 spiro atoms. The van der Waals surface area contributed by atoms with E-state index in [0.29, 0.717) is 5.92 Å². The third kappa shape index (κ3) is 5.58. The minimum absolute atomic E-state index is 0.128. The summed E-state index contributed by atoms with van der Waals surface area (Å²) in [4.78, 5) is 26.1. The predicted octanol–water partition coefficient (Wildman–Crippen LogP) is 2.54. The summed E-state index contributed by atoms with van der Waals surface area (Å²) in [5.41, 5.74) is 4.71. The fourth-order valence-electron chi connectivity index (χ4n) is 5.82. The smallest absolute Gasteiger partial charge is 0.243 e. The van der Waals surface area contributed by atoms with Gasteiger partial charge in [0.2, 0.25) is 21.8 Å². The lowest BCUT2D eigenvalue weighted by Crippen LogP contribution is -2.58. The molecular formula is C28H36N4O4S. The van der Waals surface area contributed by atoms with Crippen LogP contribution in [0.2, 0.25) is 0 Å². The molecule has 2 aromatic rings. The van der Waals surface area contributed by atoms with Crippen molar-refractivity contribution in [3.63, 3.8) is 0 Å². The molecule has 2 aromatic carbocycles. The van der Waals surface area contributed by atoms with Gasteiger partial charge >= 0.3 is 0 Å². The Balaban J connectivity index is 1.30. The van der Waals surface area contributed by atoms with Crippen molar-refractivity contribution in [2.24, 2.45) is 0 Å². The normalized spacial score (nSPS) is 24.7. The molecule has 198 valence electrons. The molecule has 2 aliphatic heterocycles. The van der Waals surface area contributed by atoms with Crippen LogP contribution in [0.1, 0.15) is 66.3 Å². The number of carbonyl (C=O) groups excluding carboxylic acids is 2. The number of rotatable bonds is 6. The van der Waals surface area contributed by atoms with Crippen molar-refractivity contribution in [2.45, 2.75) is 68.3 Å². The Morgan fingerprint density at radius 1 is 1.08 bits per heavy atom. The molecule has 1 aliphatic carbocycles. The Morgan fingerprint density at radius 2 is 1.89 bits per heavy atom. The van der Waals surface area contributed by atoms with E-state index in [0.717, 1.165) is 43.5 Å². The third-order valence-corrected chi connectivity index (χ3v) is 9.80. The van der Waals surface area contributed by atoms with Crippen LogP contribution in [0.3, 0.4) is 0 Å². The Morgan fingerprint density at radius 3 is 2.65 bits per heavy atom. The number of nitrogens with zero attached hydrogens (tertiary/aromatic N) is 1. The highest BCUT2D eigenvalue weighted by Crippen LogP contribution is 2.33. The van der Waals surface area contributed by atoms with Crippen molar-refractivity contribution in [1.82, 2.24) is 20.3 Å². The molecular weight excluding hydrogens is 488 g/mol. The van der Waals surface area contributed by atoms with Crippen molar-refractivity contribution in [3.05, 3.63) is 64.7 Å². The Labute approximate surface area is 219 Å². The molecule has 3 aliphatic rings. The number of piperazine rings is 1. The number of hydrogen-bond acceptors (Lipinski definition) is 5. The highest BCUT2D eigenvalue weighted by molar-refractivity contribution is 7.89. The molecule has 2 amide bonds. The van der Waals surface area contributed by atoms with Gasteiger partial charge in [0, 0.05) is 19.6 Å². The number of carbonyl (C=O) groups is 2. The molecule has 3 atom stereocenters. The van der Waals surface area contributed by atoms with Crippen molar-refractivity contribution in [3.8, 4) is 0 Å². The van der Waals surface area contributed by atoms with E-state index in [-0.39, 0.29) is 36.4 Å². The summed E-state index contributed by atoms with van der Waals surface area (Å²) in [5, 5.41) is 9.32. The fraction of sp³-hybridized carbons (Fsp3) is 0.500. The summed E-state index contributed by atoms with van der Waals surface area (Å²) >= 11 is 0. The fourth-order valence-corrected chi connectivity index (χ4v) is 7.41. The van der Waals surface area contributed by atoms with Crippen LogP contribution in [0.25, 0.3) is 0 Å². The molecule has 2 heterocycles. The Kier molecular flexibility index (Phi) is 7.65. The summed E-state index contributed by atoms with van der Waals surface area (Å²) < 4.78 is 27.9. The number of fused-ring (bicyclic) bond motifs is 1. The number of aryl methyl sites for hydroxylation is 2. The minimum atomic E-state index is -3.92. The quantitative estimate of drug-likeness (QED) is 0.538. The topological polar surface area (TPSA) is 108 Å². The van der Waals surface area contributed by atoms with E-state index in [9.17, 15) is 18.0 Å². The van der Waals surface area contributed by atoms with Crippen LogP contribution in [0.4, 0.5) is 0 Å². The summed E-state index contributed by atoms with van der Waals surface area (Å²) in [6.45, 7) is 4.32. The molecule has 0 bridgehead atoms. The van der Waals surface area contributed by atoms with Gasteiger partial charge in [-0.3, -0.25) is 9.59 Å². The van der Waals surface area contributed by atoms with E-state index in [1.165, 1.54) is 28.3 Å². The lowest BCUT2D eigenvalue weighted by Gasteiger charge is -2.34. The summed E-state index contributed by atoms with van der Waals surface area (Å²) in [6.07, 6.45) is 4.95. The van der Waals surface area contributed by atoms with Gasteiger partial charge in [-0.05, 0) is 80.3 Å². The molecule has 9 heteroatoms. The first-order valence-electron chi connectivity index (χ1n) is 13.3. The van der Waals surface area contributed by atoms with E-state index >= 15 is 0 Å². The second-order valence-corrected chi connectivity index (χ2v) is 12.3. The zero-order valence-electron chi connectivity index (χ0n) is 21.3. The maximum Gasteiger partial charge on any atom is 0.243 e. The number of sulfonamides is 1. The van der Waals surface area contributed by atoms with E-state index in [4.69, 9.17) is 0 Å². The van der Waals surface area contributed by atoms with E-state index in [1.807, 2.05) is 6.92 Å². The van der Waals surface area contributed by atoms with Gasteiger partial charge in [-0.15, -0.1) is 0 Å². The molecule has 5 rings (SSSR count). The summed E-state index contributed by atoms with van der Waals surface area (Å²) in [6, 6.07) is 12.0. The zero-order valence-corrected chi connectivity index (χ0v) is 22.1. The molecule has 2 fully saturated rings. The lowest BCUT2D eigenvalue weighted by atomic mass is 9.83. The molecule has 3 N–H and O–H groups in total. The van der Waals surface area contributed by atoms with E-state index in [2.05, 4.69) is 34.1 Å². The van der Waals surface area contributed by atoms with Crippen molar-refractivity contribution in [2.75, 3.05) is 26.2 Å². The first-order valence-corrected chi connectivity index (χ1v) is 14.8. The Bertz CT molecular complexity index is 1260. The molecule has 0 radical (unpaired) electrons. The molecule has 8 nitrogen and oxygen atoms in total. The maximum atomic E-state index is 13.4. The van der Waals surface area contributed by atoms with Crippen LogP contribution >= 0.6 is 0 Å². The number of benzene rings is 2. The Hall–Kier alpha value is -2.75. The van der Waals surface area contributed by atoms with Gasteiger partial charge in [0.25, 0.3) is 0 Å². The van der Waals surface area contributed by atoms with Gasteiger partial charge in [0.05, 0.1) is 17.4 Å². The summed E-state index contributed by atoms with van der Waals surface area (Å²) in [5.74, 6) is -0.225. The zero-order chi connectivity index (χ0) is 26.0. The number of nitrogens with one attached hydrogen (secondary N) is 3. The highest BCUT2D eigenvalue weighted by atomic mass is 32.2. The highest BCUT2D eigenvalue weighted by Gasteiger charge is 2.40. The van der Waals surface area contributed by atoms with Crippen molar-refractivity contribution in [1.29, 1.82) is 0 Å². The standard InChI is InChI=1S/C28H36N4O4S/c1-19-7-10-23(11-8-19)37(35,36)32-15-14-30-28(34)26(32)17-27(33)31-25-6-2-4-21-16-20(9-12-24(21)25)22-5-3-13-29-18-22/h7-12,16,22,25-26,29H,2-6,13-15,17-18H2,1H3,(H,30,34)(H,31,33)/t22?,25-,26-/m1/s1. The first-order chi connectivity index (χ1) is 17.8. The van der Waals surface area contributed by atoms with Gasteiger partial charge in [-0.25, -0.2) is 8.42 Å². The lowest BCUT2D eigenvalue weighted by molar-refractivity contribution is -0.132. The van der Waals surface area contributed by atoms with E-state index < -0.39 is 22.0 Å². The number of amides is 2. The molecule has 0 aromatic heterocycles. The van der Waals surface area contributed by atoms with Gasteiger partial charge < -0.3 is 16.0 Å². The predicted molar refractivity (Wildman–Crippen MR) is 142 cm³/mol. The maximum absolute atomic E-state index is 13.4. The molecule has 37 heavy (non-hydrogen) atoms. The van der Waals surface area contributed by atoms with Crippen LogP contribution in [0.15, 0.2) is 47.4 Å². The van der Waals surface area contributed by atoms with E-state index in [1.54, 1.807) is 24.3 Å². The monoisotopic (exact) mass is 524 g/mol. The third-order valence-electron chi connectivity index (χ3n) is 7.87. The van der Waals surface area contributed by atoms with Crippen molar-refractivity contribution < 1.29 is 18.0 Å². The van der Waals surface area contributed by atoms with Crippen LogP contribution in [-0.4, -0.2) is 56.8 Å². The first kappa shape index (κ1) is 25.9. The number of hydrogen-bond donors (Lipinski definition) is 3. The van der Waals surface area contributed by atoms with Crippen LogP contribution in [-0.2, 0) is 26.0 Å². The SMILES string of the molecule is Cc1ccc(S(=O)(=O)N2CCNC(=O)[C@H]2CC(=O)N[C@@H]2CCCc3cc(C4CCCNC4)ccc32)cc1. The molecule has 1 unspecified atom stereocenters. The molecule has 0 saturated carbocycles. The second-order valence-electron chi connectivity index (χ2n) is 10.5.